The molecule has 10 nitrogen and oxygen atoms in total. The van der Waals surface area contributed by atoms with Crippen LogP contribution in [0.4, 0.5) is 0 Å². The first-order valence-electron chi connectivity index (χ1n) is 9.35. The van der Waals surface area contributed by atoms with Crippen LogP contribution in [0.25, 0.3) is 22.1 Å². The van der Waals surface area contributed by atoms with Crippen LogP contribution in [0, 0.1) is 0 Å². The molecule has 31 heavy (non-hydrogen) atoms. The van der Waals surface area contributed by atoms with E-state index in [1.165, 1.54) is 36.6 Å². The highest BCUT2D eigenvalue weighted by molar-refractivity contribution is 5.88. The van der Waals surface area contributed by atoms with E-state index in [0.717, 1.165) is 6.07 Å². The van der Waals surface area contributed by atoms with Gasteiger partial charge in [0.05, 0.1) is 12.2 Å². The summed E-state index contributed by atoms with van der Waals surface area (Å²) in [6.07, 6.45) is -6.23. The third-order valence-corrected chi connectivity index (χ3v) is 5.11. The van der Waals surface area contributed by atoms with Gasteiger partial charge < -0.3 is 44.5 Å². The number of aliphatic hydroxyl groups is 4. The molecule has 4 rings (SSSR count). The van der Waals surface area contributed by atoms with Crippen molar-refractivity contribution in [1.82, 2.24) is 0 Å². The molecular formula is C21H20O10. The Balaban J connectivity index is 1.68. The molecule has 0 radical (unpaired) electrons. The molecule has 2 unspecified atom stereocenters. The monoisotopic (exact) mass is 432 g/mol. The molecule has 10 heteroatoms. The highest BCUT2D eigenvalue weighted by atomic mass is 16.7. The van der Waals surface area contributed by atoms with Gasteiger partial charge >= 0.3 is 0 Å². The molecule has 1 fully saturated rings. The molecule has 0 aliphatic carbocycles. The van der Waals surface area contributed by atoms with Crippen LogP contribution in [-0.4, -0.2) is 68.0 Å². The van der Waals surface area contributed by atoms with E-state index >= 15 is 0 Å². The van der Waals surface area contributed by atoms with E-state index in [-0.39, 0.29) is 28.0 Å². The average molecular weight is 432 g/mol. The third-order valence-electron chi connectivity index (χ3n) is 5.11. The van der Waals surface area contributed by atoms with Crippen molar-refractivity contribution in [2.75, 3.05) is 6.61 Å². The van der Waals surface area contributed by atoms with Crippen LogP contribution in [0.1, 0.15) is 0 Å². The van der Waals surface area contributed by atoms with Gasteiger partial charge in [0.25, 0.3) is 0 Å². The summed E-state index contributed by atoms with van der Waals surface area (Å²) in [6.45, 7) is -0.622. The molecule has 0 amide bonds. The lowest BCUT2D eigenvalue weighted by atomic mass is 9.99. The van der Waals surface area contributed by atoms with Gasteiger partial charge in [-0.2, -0.15) is 0 Å². The van der Waals surface area contributed by atoms with E-state index in [4.69, 9.17) is 13.9 Å². The lowest BCUT2D eigenvalue weighted by Gasteiger charge is -2.39. The van der Waals surface area contributed by atoms with Gasteiger partial charge in [-0.25, -0.2) is 0 Å². The molecule has 3 aromatic rings. The van der Waals surface area contributed by atoms with Crippen molar-refractivity contribution in [1.29, 1.82) is 0 Å². The largest absolute Gasteiger partial charge is 0.508 e. The maximum Gasteiger partial charge on any atom is 0.229 e. The average Bonchev–Trinajstić information content (AvgIpc) is 2.75. The molecule has 164 valence electrons. The minimum atomic E-state index is -1.64. The van der Waals surface area contributed by atoms with E-state index in [1.54, 1.807) is 0 Å². The van der Waals surface area contributed by atoms with Crippen LogP contribution in [-0.2, 0) is 4.74 Å². The van der Waals surface area contributed by atoms with E-state index in [1.807, 2.05) is 0 Å². The predicted molar refractivity (Wildman–Crippen MR) is 106 cm³/mol. The molecule has 5 atom stereocenters. The molecule has 1 aliphatic rings. The van der Waals surface area contributed by atoms with Crippen molar-refractivity contribution in [2.24, 2.45) is 0 Å². The van der Waals surface area contributed by atoms with Gasteiger partial charge in [0.15, 0.2) is 0 Å². The summed E-state index contributed by atoms with van der Waals surface area (Å²) >= 11 is 0. The second kappa shape index (κ2) is 8.17. The number of fused-ring (bicyclic) bond motifs is 1. The quantitative estimate of drug-likeness (QED) is 0.331. The summed E-state index contributed by atoms with van der Waals surface area (Å²) < 4.78 is 16.2. The Bertz CT molecular complexity index is 1140. The van der Waals surface area contributed by atoms with Gasteiger partial charge in [-0.05, 0) is 17.7 Å². The normalized spacial score (nSPS) is 26.1. The fraction of sp³-hybridized carbons (Fsp3) is 0.286. The SMILES string of the molecule is O=c1c(-c2ccc(O)cc2)coc2cc(O[C@@H]3OC(CO)[C@@H](O)[C@@H](O)C3O)cc(O)c12. The summed E-state index contributed by atoms with van der Waals surface area (Å²) in [5.41, 5.74) is 0.135. The van der Waals surface area contributed by atoms with Gasteiger partial charge in [0.2, 0.25) is 11.7 Å². The van der Waals surface area contributed by atoms with Gasteiger partial charge in [-0.15, -0.1) is 0 Å². The number of rotatable bonds is 4. The lowest BCUT2D eigenvalue weighted by Crippen LogP contribution is -2.60. The smallest absolute Gasteiger partial charge is 0.229 e. The molecule has 0 saturated carbocycles. The van der Waals surface area contributed by atoms with Crippen LogP contribution in [0.5, 0.6) is 17.2 Å². The molecule has 2 heterocycles. The predicted octanol–water partition coefficient (Wildman–Crippen LogP) is 0.0499. The Morgan fingerprint density at radius 1 is 0.968 bits per heavy atom. The molecular weight excluding hydrogens is 412 g/mol. The van der Waals surface area contributed by atoms with Gasteiger partial charge in [0.1, 0.15) is 58.9 Å². The summed E-state index contributed by atoms with van der Waals surface area (Å²) in [6, 6.07) is 8.29. The number of aliphatic hydroxyl groups excluding tert-OH is 4. The number of hydrogen-bond acceptors (Lipinski definition) is 10. The van der Waals surface area contributed by atoms with E-state index in [0.29, 0.717) is 5.56 Å². The van der Waals surface area contributed by atoms with Crippen molar-refractivity contribution in [3.8, 4) is 28.4 Å². The van der Waals surface area contributed by atoms with Crippen molar-refractivity contribution < 1.29 is 44.5 Å². The van der Waals surface area contributed by atoms with Gasteiger partial charge in [-0.3, -0.25) is 4.79 Å². The molecule has 6 N–H and O–H groups in total. The number of hydrogen-bond donors (Lipinski definition) is 6. The Kier molecular flexibility index (Phi) is 5.56. The second-order valence-corrected chi connectivity index (χ2v) is 7.16. The molecule has 2 aromatic carbocycles. The molecule has 0 bridgehead atoms. The van der Waals surface area contributed by atoms with E-state index in [9.17, 15) is 35.4 Å². The topological polar surface area (TPSA) is 170 Å². The molecule has 0 spiro atoms. The molecule has 1 aliphatic heterocycles. The van der Waals surface area contributed by atoms with Crippen LogP contribution >= 0.6 is 0 Å². The Morgan fingerprint density at radius 2 is 1.68 bits per heavy atom. The highest BCUT2D eigenvalue weighted by Crippen LogP contribution is 2.32. The van der Waals surface area contributed by atoms with E-state index < -0.39 is 48.5 Å². The van der Waals surface area contributed by atoms with E-state index in [2.05, 4.69) is 0 Å². The Hall–Kier alpha value is -3.15. The van der Waals surface area contributed by atoms with Crippen LogP contribution < -0.4 is 10.2 Å². The standard InChI is InChI=1S/C21H20O10/c22-7-15-18(26)19(27)20(28)21(31-15)30-11-5-13(24)16-14(6-11)29-8-12(17(16)25)9-1-3-10(23)4-2-9/h1-6,8,15,18-24,26-28H,7H2/t15?,18-,19-,20?,21-/m1/s1. The third kappa shape index (κ3) is 3.82. The number of phenols is 2. The van der Waals surface area contributed by atoms with Gasteiger partial charge in [0, 0.05) is 12.1 Å². The molecule has 1 saturated heterocycles. The zero-order chi connectivity index (χ0) is 22.3. The Labute approximate surface area is 174 Å². The first kappa shape index (κ1) is 21.1. The number of benzene rings is 2. The van der Waals surface area contributed by atoms with Gasteiger partial charge in [-0.1, -0.05) is 12.1 Å². The van der Waals surface area contributed by atoms with Crippen LogP contribution in [0.2, 0.25) is 0 Å². The van der Waals surface area contributed by atoms with Crippen LogP contribution in [0.3, 0.4) is 0 Å². The maximum absolute atomic E-state index is 12.9. The number of ether oxygens (including phenoxy) is 2. The van der Waals surface area contributed by atoms with Crippen molar-refractivity contribution in [3.63, 3.8) is 0 Å². The summed E-state index contributed by atoms with van der Waals surface area (Å²) in [4.78, 5) is 12.9. The highest BCUT2D eigenvalue weighted by Gasteiger charge is 2.44. The fourth-order valence-corrected chi connectivity index (χ4v) is 3.41. The summed E-state index contributed by atoms with van der Waals surface area (Å²) in [7, 11) is 0. The number of aromatic hydroxyl groups is 2. The Morgan fingerprint density at radius 3 is 2.35 bits per heavy atom. The summed E-state index contributed by atoms with van der Waals surface area (Å²) in [5, 5.41) is 58.8. The maximum atomic E-state index is 12.9. The first-order chi connectivity index (χ1) is 14.8. The minimum absolute atomic E-state index is 0.00730. The zero-order valence-corrected chi connectivity index (χ0v) is 16.0. The number of phenolic OH excluding ortho intramolecular Hbond substituents is 2. The second-order valence-electron chi connectivity index (χ2n) is 7.16. The fourth-order valence-electron chi connectivity index (χ4n) is 3.41. The van der Waals surface area contributed by atoms with Crippen molar-refractivity contribution in [3.05, 3.63) is 52.9 Å². The lowest BCUT2D eigenvalue weighted by molar-refractivity contribution is -0.277. The molecule has 1 aromatic heterocycles. The minimum Gasteiger partial charge on any atom is -0.508 e. The van der Waals surface area contributed by atoms with Crippen molar-refractivity contribution >= 4 is 11.0 Å². The van der Waals surface area contributed by atoms with Crippen LogP contribution in [0.15, 0.2) is 51.9 Å². The van der Waals surface area contributed by atoms with Crippen molar-refractivity contribution in [2.45, 2.75) is 30.7 Å². The zero-order valence-electron chi connectivity index (χ0n) is 16.0. The first-order valence-corrected chi connectivity index (χ1v) is 9.35. The summed E-state index contributed by atoms with van der Waals surface area (Å²) in [5.74, 6) is -0.465.